The maximum absolute atomic E-state index is 12.2. The number of anilines is 1. The molecule has 0 aliphatic rings. The first-order chi connectivity index (χ1) is 16.3. The van der Waals surface area contributed by atoms with Gasteiger partial charge in [0.15, 0.2) is 0 Å². The highest BCUT2D eigenvalue weighted by Gasteiger charge is 2.24. The van der Waals surface area contributed by atoms with E-state index < -0.39 is 26.2 Å². The van der Waals surface area contributed by atoms with E-state index in [1.807, 2.05) is 18.2 Å². The number of nitrogen functional groups attached to an aromatic ring is 1. The normalized spacial score (nSPS) is 13.4. The lowest BCUT2D eigenvalue weighted by Gasteiger charge is -2.24. The minimum atomic E-state index is -1.68. The van der Waals surface area contributed by atoms with Gasteiger partial charge in [0.1, 0.15) is 17.6 Å². The van der Waals surface area contributed by atoms with Gasteiger partial charge >= 0.3 is 20.2 Å². The first kappa shape index (κ1) is 29.5. The van der Waals surface area contributed by atoms with Crippen LogP contribution in [0, 0.1) is 0 Å². The van der Waals surface area contributed by atoms with E-state index in [4.69, 9.17) is 29.4 Å². The maximum Gasteiger partial charge on any atom is 0.349 e. The Kier molecular flexibility index (Phi) is 14.0. The Morgan fingerprint density at radius 1 is 1.21 bits per heavy atom. The summed E-state index contributed by atoms with van der Waals surface area (Å²) in [6.07, 6.45) is 1.55. The lowest BCUT2D eigenvalue weighted by molar-refractivity contribution is -0.149. The Labute approximate surface area is 201 Å². The molecule has 0 aliphatic carbocycles. The number of nitrogens with two attached hydrogens (primary N) is 1. The molecule has 1 heterocycles. The summed E-state index contributed by atoms with van der Waals surface area (Å²) < 4.78 is 24.0. The average molecular weight is 499 g/mol. The number of carbonyl (C=O) groups excluding carboxylic acids is 1. The molecule has 0 bridgehead atoms. The van der Waals surface area contributed by atoms with Gasteiger partial charge < -0.3 is 29.4 Å². The number of aromatic nitrogens is 2. The predicted molar refractivity (Wildman–Crippen MR) is 130 cm³/mol. The number of nitrogens with one attached hydrogen (secondary N) is 1. The summed E-state index contributed by atoms with van der Waals surface area (Å²) in [6, 6.07) is 10.1. The van der Waals surface area contributed by atoms with Crippen LogP contribution in [0.25, 0.3) is 0 Å². The number of hydrogen-bond acceptors (Lipinski definition) is 10. The third kappa shape index (κ3) is 11.0. The van der Waals surface area contributed by atoms with Crippen molar-refractivity contribution in [3.8, 4) is 5.75 Å². The van der Waals surface area contributed by atoms with E-state index in [2.05, 4.69) is 10.1 Å². The van der Waals surface area contributed by atoms with Crippen molar-refractivity contribution in [2.45, 2.75) is 52.0 Å². The summed E-state index contributed by atoms with van der Waals surface area (Å²) in [7, 11) is 0.888. The molecule has 2 rings (SSSR count). The molecule has 3 atom stereocenters. The first-order valence-electron chi connectivity index (χ1n) is 10.7. The van der Waals surface area contributed by atoms with Crippen molar-refractivity contribution in [2.24, 2.45) is 0 Å². The zero-order chi connectivity index (χ0) is 25.5. The quantitative estimate of drug-likeness (QED) is 0.277. The van der Waals surface area contributed by atoms with Crippen molar-refractivity contribution in [2.75, 3.05) is 26.6 Å². The van der Waals surface area contributed by atoms with Gasteiger partial charge in [-0.15, -0.1) is 0 Å². The van der Waals surface area contributed by atoms with Gasteiger partial charge in [-0.1, -0.05) is 18.2 Å². The van der Waals surface area contributed by atoms with Crippen LogP contribution in [-0.4, -0.2) is 59.7 Å². The molecule has 0 radical (unpaired) electrons. The van der Waals surface area contributed by atoms with Crippen molar-refractivity contribution >= 4 is 20.3 Å². The van der Waals surface area contributed by atoms with Crippen LogP contribution in [0.1, 0.15) is 27.2 Å². The molecule has 1 aromatic carbocycles. The largest absolute Gasteiger partial charge is 0.462 e. The van der Waals surface area contributed by atoms with Crippen molar-refractivity contribution in [1.82, 2.24) is 14.6 Å². The number of ether oxygens (including phenoxy) is 2. The standard InChI is InChI=1S/C21H31N4O6P.CH4O/c1-15(2)30-20(26)16(3)24-32(31-17-8-6-5-7-9-17)29-14-18(28-4)10-12-25-13-11-19(22)23-21(25)27;1-2/h5-9,11,13,15-16,18,24H,10,12,14H2,1-4H3,(H2,22,23,27);2H,1H3. The molecule has 2 aromatic rings. The topological polar surface area (TPSA) is 147 Å². The molecular weight excluding hydrogens is 463 g/mol. The van der Waals surface area contributed by atoms with Gasteiger partial charge in [0.05, 0.1) is 18.8 Å². The number of aliphatic hydroxyl groups excluding tert-OH is 1. The molecule has 4 N–H and O–H groups in total. The van der Waals surface area contributed by atoms with Crippen LogP contribution < -0.4 is 21.0 Å². The number of rotatable bonds is 13. The van der Waals surface area contributed by atoms with Gasteiger partial charge in [-0.05, 0) is 45.4 Å². The average Bonchev–Trinajstić information content (AvgIpc) is 2.81. The molecule has 0 fully saturated rings. The minimum Gasteiger partial charge on any atom is -0.462 e. The number of nitrogens with zero attached hydrogens (tertiary/aromatic N) is 2. The summed E-state index contributed by atoms with van der Waals surface area (Å²) >= 11 is 0. The minimum absolute atomic E-state index is 0.178. The maximum atomic E-state index is 12.2. The molecule has 1 aromatic heterocycles. The summed E-state index contributed by atoms with van der Waals surface area (Å²) in [5.74, 6) is 0.382. The molecule has 3 unspecified atom stereocenters. The lowest BCUT2D eigenvalue weighted by atomic mass is 10.2. The molecule has 0 aliphatic heterocycles. The Bertz CT molecular complexity index is 898. The fourth-order valence-electron chi connectivity index (χ4n) is 2.53. The van der Waals surface area contributed by atoms with Gasteiger partial charge in [-0.3, -0.25) is 9.36 Å². The van der Waals surface area contributed by atoms with Gasteiger partial charge in [-0.25, -0.2) is 9.88 Å². The number of para-hydroxylation sites is 1. The second kappa shape index (κ2) is 16.1. The van der Waals surface area contributed by atoms with E-state index in [1.165, 1.54) is 4.57 Å². The highest BCUT2D eigenvalue weighted by molar-refractivity contribution is 7.45. The molecule has 11 nitrogen and oxygen atoms in total. The zero-order valence-electron chi connectivity index (χ0n) is 20.2. The van der Waals surface area contributed by atoms with Gasteiger partial charge in [-0.2, -0.15) is 4.98 Å². The SMILES string of the molecule is CO.COC(CCn1ccc(N)nc1=O)COP(NC(C)C(=O)OC(C)C)Oc1ccccc1. The molecule has 34 heavy (non-hydrogen) atoms. The Morgan fingerprint density at radius 2 is 1.88 bits per heavy atom. The Morgan fingerprint density at radius 3 is 2.47 bits per heavy atom. The Hall–Kier alpha value is -2.56. The van der Waals surface area contributed by atoms with E-state index in [-0.39, 0.29) is 24.6 Å². The molecule has 0 amide bonds. The van der Waals surface area contributed by atoms with Crippen molar-refractivity contribution < 1.29 is 28.4 Å². The first-order valence-corrected chi connectivity index (χ1v) is 11.9. The monoisotopic (exact) mass is 498 g/mol. The third-order valence-electron chi connectivity index (χ3n) is 4.23. The van der Waals surface area contributed by atoms with Crippen LogP contribution in [0.4, 0.5) is 5.82 Å². The predicted octanol–water partition coefficient (Wildman–Crippen LogP) is 2.09. The van der Waals surface area contributed by atoms with E-state index in [0.717, 1.165) is 7.11 Å². The van der Waals surface area contributed by atoms with E-state index in [1.54, 1.807) is 52.3 Å². The molecule has 0 saturated heterocycles. The number of hydrogen-bond donors (Lipinski definition) is 3. The molecule has 190 valence electrons. The van der Waals surface area contributed by atoms with E-state index in [9.17, 15) is 9.59 Å². The fraction of sp³-hybridized carbons (Fsp3) is 0.500. The van der Waals surface area contributed by atoms with Crippen LogP contribution in [0.2, 0.25) is 0 Å². The van der Waals surface area contributed by atoms with Gasteiger partial charge in [0.25, 0.3) is 0 Å². The van der Waals surface area contributed by atoms with E-state index in [0.29, 0.717) is 18.7 Å². The summed E-state index contributed by atoms with van der Waals surface area (Å²) in [5, 5.41) is 10.1. The highest BCUT2D eigenvalue weighted by atomic mass is 31.2. The highest BCUT2D eigenvalue weighted by Crippen LogP contribution is 2.36. The van der Waals surface area contributed by atoms with Crippen LogP contribution >= 0.6 is 8.53 Å². The molecule has 0 saturated carbocycles. The smallest absolute Gasteiger partial charge is 0.349 e. The Balaban J connectivity index is 0.00000281. The second-order valence-electron chi connectivity index (χ2n) is 7.27. The third-order valence-corrected chi connectivity index (χ3v) is 5.59. The summed E-state index contributed by atoms with van der Waals surface area (Å²) in [6.45, 7) is 5.83. The molecular formula is C22H35N4O7P. The van der Waals surface area contributed by atoms with Crippen LogP contribution in [0.3, 0.4) is 0 Å². The van der Waals surface area contributed by atoms with Crippen LogP contribution in [0.5, 0.6) is 5.75 Å². The number of carbonyl (C=O) groups is 1. The lowest BCUT2D eigenvalue weighted by Crippen LogP contribution is -2.35. The van der Waals surface area contributed by atoms with Crippen LogP contribution in [0.15, 0.2) is 47.4 Å². The summed E-state index contributed by atoms with van der Waals surface area (Å²) in [4.78, 5) is 27.8. The van der Waals surface area contributed by atoms with Gasteiger partial charge in [0.2, 0.25) is 0 Å². The van der Waals surface area contributed by atoms with Crippen molar-refractivity contribution in [3.63, 3.8) is 0 Å². The van der Waals surface area contributed by atoms with Crippen LogP contribution in [-0.2, 0) is 25.3 Å². The second-order valence-corrected chi connectivity index (χ2v) is 8.48. The molecule has 12 heteroatoms. The number of aliphatic hydroxyl groups is 1. The molecule has 0 spiro atoms. The number of methoxy groups -OCH3 is 1. The van der Waals surface area contributed by atoms with Crippen molar-refractivity contribution in [3.05, 3.63) is 53.1 Å². The fourth-order valence-corrected chi connectivity index (χ4v) is 3.74. The van der Waals surface area contributed by atoms with Gasteiger partial charge in [0, 0.05) is 27.0 Å². The van der Waals surface area contributed by atoms with Crippen molar-refractivity contribution in [1.29, 1.82) is 0 Å². The summed E-state index contributed by atoms with van der Waals surface area (Å²) in [5.41, 5.74) is 5.10. The number of aryl methyl sites for hydroxylation is 1. The number of esters is 1. The number of benzene rings is 1. The van der Waals surface area contributed by atoms with E-state index >= 15 is 0 Å². The zero-order valence-corrected chi connectivity index (χ0v) is 21.1.